The molecule has 2 aliphatic heterocycles. The molecule has 45 heavy (non-hydrogen) atoms. The molecule has 4 aromatic heterocycles. The molecule has 2 aliphatic rings. The molecule has 0 spiro atoms. The Labute approximate surface area is 254 Å². The van der Waals surface area contributed by atoms with Crippen molar-refractivity contribution in [2.45, 2.75) is 63.6 Å². The zero-order valence-corrected chi connectivity index (χ0v) is 24.5. The number of ether oxygens (including phenoxy) is 1. The summed E-state index contributed by atoms with van der Waals surface area (Å²) in [5.74, 6) is -0.903. The second kappa shape index (κ2) is 11.3. The third kappa shape index (κ3) is 5.37. The van der Waals surface area contributed by atoms with E-state index >= 15 is 0 Å². The molecule has 0 N–H and O–H groups in total. The Balaban J connectivity index is 1.26. The van der Waals surface area contributed by atoms with Gasteiger partial charge in [0.1, 0.15) is 17.7 Å². The maximum absolute atomic E-state index is 14.2. The Morgan fingerprint density at radius 3 is 2.51 bits per heavy atom. The van der Waals surface area contributed by atoms with E-state index in [-0.39, 0.29) is 23.9 Å². The van der Waals surface area contributed by atoms with Crippen molar-refractivity contribution in [3.63, 3.8) is 0 Å². The molecule has 5 aromatic rings. The van der Waals surface area contributed by atoms with Gasteiger partial charge in [0, 0.05) is 31.8 Å². The van der Waals surface area contributed by atoms with Crippen LogP contribution in [0.25, 0.3) is 16.9 Å². The number of hydrogen-bond acceptors (Lipinski definition) is 8. The molecule has 7 rings (SSSR count). The summed E-state index contributed by atoms with van der Waals surface area (Å²) < 4.78 is 78.9. The normalized spacial score (nSPS) is 22.1. The lowest BCUT2D eigenvalue weighted by molar-refractivity contribution is -0.143. The summed E-state index contributed by atoms with van der Waals surface area (Å²) >= 11 is 0. The molecule has 0 saturated carbocycles. The number of pyridine rings is 1. The first-order chi connectivity index (χ1) is 21.6. The highest BCUT2D eigenvalue weighted by molar-refractivity contribution is 5.86. The topological polar surface area (TPSA) is 89.5 Å². The molecular weight excluding hydrogens is 597 g/mol. The van der Waals surface area contributed by atoms with Crippen LogP contribution in [0.2, 0.25) is 0 Å². The van der Waals surface area contributed by atoms with Crippen molar-refractivity contribution in [3.8, 4) is 0 Å². The van der Waals surface area contributed by atoms with Gasteiger partial charge < -0.3 is 14.2 Å². The SMILES string of the molecule is C[C@@H]1CN(c2nc3nncn3c3c2ncn3CC2CCCO2)[C@@H](C)CN1[C@H](c1ccc(F)cc1)c1ccc(F)c(C(F)(F)F)n1. The number of rotatable bonds is 6. The molecular formula is C30H30F5N9O. The van der Waals surface area contributed by atoms with Gasteiger partial charge in [0.2, 0.25) is 0 Å². The van der Waals surface area contributed by atoms with Crippen molar-refractivity contribution in [2.75, 3.05) is 24.6 Å². The van der Waals surface area contributed by atoms with Crippen molar-refractivity contribution in [1.82, 2.24) is 39.0 Å². The van der Waals surface area contributed by atoms with Crippen molar-refractivity contribution in [3.05, 3.63) is 77.6 Å². The highest BCUT2D eigenvalue weighted by Crippen LogP contribution is 2.37. The van der Waals surface area contributed by atoms with Crippen LogP contribution in [0.4, 0.5) is 27.8 Å². The zero-order chi connectivity index (χ0) is 31.5. The van der Waals surface area contributed by atoms with Crippen molar-refractivity contribution < 1.29 is 26.7 Å². The van der Waals surface area contributed by atoms with E-state index in [1.165, 1.54) is 30.3 Å². The number of anilines is 1. The first-order valence-electron chi connectivity index (χ1n) is 14.8. The average Bonchev–Trinajstić information content (AvgIpc) is 3.77. The van der Waals surface area contributed by atoms with Gasteiger partial charge in [-0.3, -0.25) is 4.90 Å². The molecule has 1 aromatic carbocycles. The van der Waals surface area contributed by atoms with Gasteiger partial charge in [0.15, 0.2) is 23.0 Å². The number of halogens is 5. The molecule has 1 unspecified atom stereocenters. The molecule has 0 radical (unpaired) electrons. The minimum Gasteiger partial charge on any atom is -0.376 e. The lowest BCUT2D eigenvalue weighted by atomic mass is 9.96. The standard InChI is InChI=1S/C30H30F5N9O/c1-17-13-43(27-24-28(44-16-37-40-29(44)39-27)41(15-36-24)14-21-4-3-11-45-21)18(2)12-42(17)25(19-5-7-20(31)8-6-19)23-10-9-22(32)26(38-23)30(33,34)35/h5-10,15-18,21,25H,3-4,11-14H2,1-2H3/t17-,18+,21?,25-/m1/s1. The number of alkyl halides is 3. The molecule has 2 fully saturated rings. The van der Waals surface area contributed by atoms with E-state index in [2.05, 4.69) is 20.1 Å². The van der Waals surface area contributed by atoms with Gasteiger partial charge in [0.05, 0.1) is 30.7 Å². The lowest BCUT2D eigenvalue weighted by Crippen LogP contribution is -2.57. The van der Waals surface area contributed by atoms with Crippen LogP contribution in [0, 0.1) is 11.6 Å². The maximum atomic E-state index is 14.2. The summed E-state index contributed by atoms with van der Waals surface area (Å²) in [5.41, 5.74) is 0.420. The van der Waals surface area contributed by atoms with Crippen molar-refractivity contribution >= 4 is 22.8 Å². The van der Waals surface area contributed by atoms with E-state index in [0.717, 1.165) is 31.2 Å². The Bertz CT molecular complexity index is 1830. The van der Waals surface area contributed by atoms with Crippen LogP contribution in [0.1, 0.15) is 49.7 Å². The fourth-order valence-electron chi connectivity index (χ4n) is 6.52. The summed E-state index contributed by atoms with van der Waals surface area (Å²) in [6.45, 7) is 6.10. The summed E-state index contributed by atoms with van der Waals surface area (Å²) in [6.07, 6.45) is 0.441. The molecule has 4 atom stereocenters. The monoisotopic (exact) mass is 627 g/mol. The smallest absolute Gasteiger partial charge is 0.376 e. The fourth-order valence-corrected chi connectivity index (χ4v) is 6.52. The van der Waals surface area contributed by atoms with Gasteiger partial charge in [-0.2, -0.15) is 18.2 Å². The first kappa shape index (κ1) is 29.5. The highest BCUT2D eigenvalue weighted by atomic mass is 19.4. The van der Waals surface area contributed by atoms with Crippen LogP contribution in [0.5, 0.6) is 0 Å². The van der Waals surface area contributed by atoms with Crippen LogP contribution in [0.3, 0.4) is 0 Å². The van der Waals surface area contributed by atoms with E-state index in [9.17, 15) is 22.0 Å². The summed E-state index contributed by atoms with van der Waals surface area (Å²) in [4.78, 5) is 17.5. The molecule has 10 nitrogen and oxygen atoms in total. The second-order valence-corrected chi connectivity index (χ2v) is 11.7. The van der Waals surface area contributed by atoms with Gasteiger partial charge in [-0.05, 0) is 56.5 Å². The Morgan fingerprint density at radius 1 is 0.978 bits per heavy atom. The van der Waals surface area contributed by atoms with Crippen molar-refractivity contribution in [1.29, 1.82) is 0 Å². The number of fused-ring (bicyclic) bond motifs is 3. The average molecular weight is 628 g/mol. The second-order valence-electron chi connectivity index (χ2n) is 11.7. The molecule has 0 bridgehead atoms. The van der Waals surface area contributed by atoms with Gasteiger partial charge in [-0.15, -0.1) is 10.2 Å². The molecule has 2 saturated heterocycles. The summed E-state index contributed by atoms with van der Waals surface area (Å²) in [5, 5.41) is 8.29. The maximum Gasteiger partial charge on any atom is 0.436 e. The predicted octanol–water partition coefficient (Wildman–Crippen LogP) is 5.03. The van der Waals surface area contributed by atoms with Crippen LogP contribution in [0.15, 0.2) is 49.1 Å². The van der Waals surface area contributed by atoms with Gasteiger partial charge in [-0.1, -0.05) is 12.1 Å². The van der Waals surface area contributed by atoms with E-state index in [1.54, 1.807) is 17.1 Å². The quantitative estimate of drug-likeness (QED) is 0.242. The van der Waals surface area contributed by atoms with Crippen molar-refractivity contribution in [2.24, 2.45) is 0 Å². The van der Waals surface area contributed by atoms with Gasteiger partial charge in [-0.25, -0.2) is 23.1 Å². The Morgan fingerprint density at radius 2 is 1.78 bits per heavy atom. The largest absolute Gasteiger partial charge is 0.436 e. The number of hydrogen-bond donors (Lipinski definition) is 0. The fraction of sp³-hybridized carbons (Fsp3) is 0.433. The van der Waals surface area contributed by atoms with Gasteiger partial charge >= 0.3 is 6.18 Å². The summed E-state index contributed by atoms with van der Waals surface area (Å²) in [6, 6.07) is 6.34. The number of piperazine rings is 1. The predicted molar refractivity (Wildman–Crippen MR) is 153 cm³/mol. The van der Waals surface area contributed by atoms with E-state index in [4.69, 9.17) is 14.7 Å². The molecule has 6 heterocycles. The third-order valence-corrected chi connectivity index (χ3v) is 8.65. The van der Waals surface area contributed by atoms with Crippen LogP contribution in [-0.2, 0) is 17.5 Å². The molecule has 15 heteroatoms. The molecule has 236 valence electrons. The van der Waals surface area contributed by atoms with Crippen LogP contribution < -0.4 is 4.90 Å². The van der Waals surface area contributed by atoms with Crippen LogP contribution in [-0.4, -0.2) is 76.9 Å². The minimum absolute atomic E-state index is 0.0149. The molecule has 0 aliphatic carbocycles. The molecule has 0 amide bonds. The highest BCUT2D eigenvalue weighted by Gasteiger charge is 2.40. The van der Waals surface area contributed by atoms with E-state index in [1.807, 2.05) is 23.3 Å². The minimum atomic E-state index is -4.98. The first-order valence-corrected chi connectivity index (χ1v) is 14.8. The Hall–Kier alpha value is -4.24. The van der Waals surface area contributed by atoms with E-state index < -0.39 is 29.5 Å². The van der Waals surface area contributed by atoms with E-state index in [0.29, 0.717) is 42.3 Å². The lowest BCUT2D eigenvalue weighted by Gasteiger charge is -2.47. The Kier molecular flexibility index (Phi) is 7.39. The number of nitrogens with zero attached hydrogens (tertiary/aromatic N) is 9. The number of benzene rings is 1. The number of imidazole rings is 1. The summed E-state index contributed by atoms with van der Waals surface area (Å²) in [7, 11) is 0. The zero-order valence-electron chi connectivity index (χ0n) is 24.5. The third-order valence-electron chi connectivity index (χ3n) is 8.65. The van der Waals surface area contributed by atoms with Crippen LogP contribution >= 0.6 is 0 Å². The van der Waals surface area contributed by atoms with Gasteiger partial charge in [0.25, 0.3) is 5.78 Å². The number of aromatic nitrogens is 7.